The average molecular weight is 380 g/mol. The first kappa shape index (κ1) is 17.4. The first-order valence-electron chi connectivity index (χ1n) is 9.55. The Labute approximate surface area is 169 Å². The molecule has 0 heterocycles. The Morgan fingerprint density at radius 2 is 1.07 bits per heavy atom. The fourth-order valence-electron chi connectivity index (χ4n) is 4.62. The van der Waals surface area contributed by atoms with Crippen molar-refractivity contribution in [2.75, 3.05) is 0 Å². The van der Waals surface area contributed by atoms with E-state index in [1.807, 2.05) is 49.4 Å². The van der Waals surface area contributed by atoms with Gasteiger partial charge in [-0.1, -0.05) is 66.7 Å². The lowest BCUT2D eigenvalue weighted by atomic mass is 9.67. The molecule has 3 N–H and O–H groups in total. The molecule has 0 saturated heterocycles. The fourth-order valence-corrected chi connectivity index (χ4v) is 4.62. The van der Waals surface area contributed by atoms with E-state index in [2.05, 4.69) is 24.3 Å². The van der Waals surface area contributed by atoms with E-state index in [4.69, 9.17) is 0 Å². The van der Waals surface area contributed by atoms with Gasteiger partial charge in [-0.3, -0.25) is 0 Å². The standard InChI is InChI=1S/C26H20O3/c1-16-10-11-17(14-24(16)28)26(18-12-13-23(27)25(29)15-18)21-8-4-2-6-19(21)20-7-3-5-9-22(20)26/h2-15,27-29H,1H3. The minimum Gasteiger partial charge on any atom is -0.508 e. The quantitative estimate of drug-likeness (QED) is 0.356. The van der Waals surface area contributed by atoms with Crippen LogP contribution in [0, 0.1) is 6.92 Å². The number of hydrogen-bond acceptors (Lipinski definition) is 3. The SMILES string of the molecule is Cc1ccc(C2(c3ccc(O)c(O)c3)c3ccccc3-c3ccccc32)cc1O. The molecule has 0 aromatic heterocycles. The third-order valence-corrected chi connectivity index (χ3v) is 6.00. The van der Waals surface area contributed by atoms with Gasteiger partial charge in [-0.05, 0) is 64.1 Å². The van der Waals surface area contributed by atoms with Gasteiger partial charge in [0, 0.05) is 0 Å². The number of hydrogen-bond donors (Lipinski definition) is 3. The molecular weight excluding hydrogens is 360 g/mol. The largest absolute Gasteiger partial charge is 0.508 e. The van der Waals surface area contributed by atoms with Gasteiger partial charge in [-0.2, -0.15) is 0 Å². The molecule has 0 spiro atoms. The summed E-state index contributed by atoms with van der Waals surface area (Å²) in [6, 6.07) is 27.2. The van der Waals surface area contributed by atoms with Gasteiger partial charge in [0.2, 0.25) is 0 Å². The van der Waals surface area contributed by atoms with Gasteiger partial charge in [0.05, 0.1) is 5.41 Å². The Morgan fingerprint density at radius 1 is 0.552 bits per heavy atom. The molecule has 3 heteroatoms. The zero-order chi connectivity index (χ0) is 20.2. The zero-order valence-electron chi connectivity index (χ0n) is 15.9. The minimum atomic E-state index is -0.719. The van der Waals surface area contributed by atoms with Crippen LogP contribution in [0.3, 0.4) is 0 Å². The predicted molar refractivity (Wildman–Crippen MR) is 113 cm³/mol. The average Bonchev–Trinajstić information content (AvgIpc) is 3.04. The van der Waals surface area contributed by atoms with Crippen molar-refractivity contribution in [3.63, 3.8) is 0 Å². The highest BCUT2D eigenvalue weighted by atomic mass is 16.3. The third kappa shape index (κ3) is 2.31. The molecule has 4 aromatic rings. The van der Waals surface area contributed by atoms with E-state index in [9.17, 15) is 15.3 Å². The normalized spacial score (nSPS) is 13.7. The van der Waals surface area contributed by atoms with Gasteiger partial charge in [-0.25, -0.2) is 0 Å². The van der Waals surface area contributed by atoms with E-state index in [1.54, 1.807) is 12.1 Å². The summed E-state index contributed by atoms with van der Waals surface area (Å²) in [5.41, 5.74) is 6.22. The van der Waals surface area contributed by atoms with E-state index in [-0.39, 0.29) is 17.2 Å². The van der Waals surface area contributed by atoms with Gasteiger partial charge in [0.15, 0.2) is 11.5 Å². The van der Waals surface area contributed by atoms with Crippen molar-refractivity contribution < 1.29 is 15.3 Å². The highest BCUT2D eigenvalue weighted by Crippen LogP contribution is 2.57. The summed E-state index contributed by atoms with van der Waals surface area (Å²) >= 11 is 0. The fraction of sp³-hybridized carbons (Fsp3) is 0.0769. The first-order chi connectivity index (χ1) is 14.0. The second kappa shape index (κ2) is 6.14. The summed E-state index contributed by atoms with van der Waals surface area (Å²) in [5, 5.41) is 30.8. The van der Waals surface area contributed by atoms with Crippen molar-refractivity contribution in [1.82, 2.24) is 0 Å². The van der Waals surface area contributed by atoms with E-state index in [1.165, 1.54) is 6.07 Å². The van der Waals surface area contributed by atoms with Crippen LogP contribution in [0.25, 0.3) is 11.1 Å². The highest BCUT2D eigenvalue weighted by Gasteiger charge is 2.46. The maximum atomic E-state index is 10.5. The molecule has 1 aliphatic rings. The van der Waals surface area contributed by atoms with Crippen LogP contribution in [0.1, 0.15) is 27.8 Å². The van der Waals surface area contributed by atoms with E-state index in [0.29, 0.717) is 0 Å². The van der Waals surface area contributed by atoms with Crippen LogP contribution in [0.2, 0.25) is 0 Å². The first-order valence-corrected chi connectivity index (χ1v) is 9.55. The number of rotatable bonds is 2. The number of phenolic OH excluding ortho intramolecular Hbond substituents is 3. The Hall–Kier alpha value is -3.72. The van der Waals surface area contributed by atoms with Gasteiger partial charge in [0.25, 0.3) is 0 Å². The number of benzene rings is 4. The Bertz CT molecular complexity index is 1160. The molecular formula is C26H20O3. The van der Waals surface area contributed by atoms with E-state index in [0.717, 1.165) is 38.9 Å². The summed E-state index contributed by atoms with van der Waals surface area (Å²) in [6.45, 7) is 1.87. The van der Waals surface area contributed by atoms with Crippen LogP contribution in [0.5, 0.6) is 17.2 Å². The Morgan fingerprint density at radius 3 is 1.62 bits per heavy atom. The smallest absolute Gasteiger partial charge is 0.157 e. The minimum absolute atomic E-state index is 0.157. The molecule has 142 valence electrons. The third-order valence-electron chi connectivity index (χ3n) is 6.00. The maximum absolute atomic E-state index is 10.5. The number of phenols is 3. The maximum Gasteiger partial charge on any atom is 0.157 e. The van der Waals surface area contributed by atoms with Crippen LogP contribution in [-0.2, 0) is 5.41 Å². The molecule has 0 atom stereocenters. The molecule has 0 radical (unpaired) electrons. The van der Waals surface area contributed by atoms with Crippen molar-refractivity contribution in [3.05, 3.63) is 113 Å². The van der Waals surface area contributed by atoms with Crippen molar-refractivity contribution in [2.24, 2.45) is 0 Å². The predicted octanol–water partition coefficient (Wildman–Crippen LogP) is 5.47. The van der Waals surface area contributed by atoms with Crippen molar-refractivity contribution in [1.29, 1.82) is 0 Å². The van der Waals surface area contributed by atoms with Crippen LogP contribution >= 0.6 is 0 Å². The van der Waals surface area contributed by atoms with Crippen LogP contribution in [-0.4, -0.2) is 15.3 Å². The van der Waals surface area contributed by atoms with Gasteiger partial charge >= 0.3 is 0 Å². The molecule has 0 saturated carbocycles. The van der Waals surface area contributed by atoms with E-state index < -0.39 is 5.41 Å². The van der Waals surface area contributed by atoms with Crippen LogP contribution < -0.4 is 0 Å². The number of aryl methyl sites for hydroxylation is 1. The molecule has 4 aromatic carbocycles. The lowest BCUT2D eigenvalue weighted by Gasteiger charge is -2.34. The van der Waals surface area contributed by atoms with Crippen molar-refractivity contribution in [3.8, 4) is 28.4 Å². The molecule has 5 rings (SSSR count). The summed E-state index contributed by atoms with van der Waals surface area (Å²) in [6.07, 6.45) is 0. The summed E-state index contributed by atoms with van der Waals surface area (Å²) in [4.78, 5) is 0. The molecule has 3 nitrogen and oxygen atoms in total. The van der Waals surface area contributed by atoms with Crippen molar-refractivity contribution in [2.45, 2.75) is 12.3 Å². The molecule has 29 heavy (non-hydrogen) atoms. The molecule has 1 aliphatic carbocycles. The summed E-state index contributed by atoms with van der Waals surface area (Å²) in [5.74, 6) is -0.0953. The van der Waals surface area contributed by atoms with E-state index >= 15 is 0 Å². The monoisotopic (exact) mass is 380 g/mol. The van der Waals surface area contributed by atoms with Gasteiger partial charge < -0.3 is 15.3 Å². The second-order valence-electron chi connectivity index (χ2n) is 7.55. The number of fused-ring (bicyclic) bond motifs is 3. The molecule has 0 fully saturated rings. The summed E-state index contributed by atoms with van der Waals surface area (Å²) in [7, 11) is 0. The highest BCUT2D eigenvalue weighted by molar-refractivity contribution is 5.86. The van der Waals surface area contributed by atoms with Crippen LogP contribution in [0.15, 0.2) is 84.9 Å². The zero-order valence-corrected chi connectivity index (χ0v) is 15.9. The Balaban J connectivity index is 1.97. The van der Waals surface area contributed by atoms with Gasteiger partial charge in [0.1, 0.15) is 5.75 Å². The summed E-state index contributed by atoms with van der Waals surface area (Å²) < 4.78 is 0. The molecule has 0 unspecified atom stereocenters. The van der Waals surface area contributed by atoms with Crippen molar-refractivity contribution >= 4 is 0 Å². The number of aromatic hydroxyl groups is 3. The molecule has 0 bridgehead atoms. The lowest BCUT2D eigenvalue weighted by Crippen LogP contribution is -2.28. The molecule has 0 amide bonds. The van der Waals surface area contributed by atoms with Gasteiger partial charge in [-0.15, -0.1) is 0 Å². The Kier molecular flexibility index (Phi) is 3.68. The lowest BCUT2D eigenvalue weighted by molar-refractivity contribution is 0.402. The van der Waals surface area contributed by atoms with Crippen LogP contribution in [0.4, 0.5) is 0 Å². The second-order valence-corrected chi connectivity index (χ2v) is 7.55. The molecule has 0 aliphatic heterocycles. The topological polar surface area (TPSA) is 60.7 Å².